The Morgan fingerprint density at radius 2 is 1.69 bits per heavy atom. The highest BCUT2D eigenvalue weighted by atomic mass is 35.5. The van der Waals surface area contributed by atoms with Gasteiger partial charge in [-0.3, -0.25) is 9.29 Å². The quantitative estimate of drug-likeness (QED) is 0.387. The van der Waals surface area contributed by atoms with Gasteiger partial charge in [-0.25, -0.2) is 18.4 Å². The zero-order chi connectivity index (χ0) is 26.0. The number of sulfonamides is 1. The molecule has 2 atom stereocenters. The molecule has 0 bridgehead atoms. The van der Waals surface area contributed by atoms with Crippen LogP contribution in [0.5, 0.6) is 11.5 Å². The van der Waals surface area contributed by atoms with Crippen molar-refractivity contribution in [2.75, 3.05) is 26.1 Å². The molecule has 0 radical (unpaired) electrons. The van der Waals surface area contributed by atoms with Gasteiger partial charge < -0.3 is 14.2 Å². The maximum Gasteiger partial charge on any atom is 0.243 e. The Morgan fingerprint density at radius 1 is 1.08 bits per heavy atom. The van der Waals surface area contributed by atoms with E-state index in [4.69, 9.17) is 25.8 Å². The number of hydrogen-bond donors (Lipinski definition) is 1. The Bertz CT molecular complexity index is 1290. The predicted octanol–water partition coefficient (Wildman–Crippen LogP) is 3.39. The van der Waals surface area contributed by atoms with Crippen LogP contribution in [-0.4, -0.2) is 65.1 Å². The zero-order valence-electron chi connectivity index (χ0n) is 20.7. The lowest BCUT2D eigenvalue weighted by Crippen LogP contribution is -2.33. The van der Waals surface area contributed by atoms with E-state index in [2.05, 4.69) is 24.9 Å². The Kier molecular flexibility index (Phi) is 7.67. The number of aromatic nitrogens is 5. The summed E-state index contributed by atoms with van der Waals surface area (Å²) in [7, 11) is 0.415. The van der Waals surface area contributed by atoms with Gasteiger partial charge in [-0.05, 0) is 44.4 Å². The summed E-state index contributed by atoms with van der Waals surface area (Å²) < 4.78 is 47.9. The average molecular weight is 537 g/mol. The Labute approximate surface area is 215 Å². The van der Waals surface area contributed by atoms with E-state index in [1.165, 1.54) is 28.3 Å². The molecule has 2 aromatic heterocycles. The number of nitrogens with one attached hydrogen (secondary N) is 1. The zero-order valence-corrected chi connectivity index (χ0v) is 22.2. The lowest BCUT2D eigenvalue weighted by molar-refractivity contribution is 0.0949. The minimum absolute atomic E-state index is 0.00187. The van der Waals surface area contributed by atoms with Gasteiger partial charge >= 0.3 is 0 Å². The van der Waals surface area contributed by atoms with Crippen molar-refractivity contribution in [1.82, 2.24) is 24.7 Å². The van der Waals surface area contributed by atoms with E-state index in [-0.39, 0.29) is 23.1 Å². The molecular formula is C23H29ClN6O5S. The largest absolute Gasteiger partial charge is 0.494 e. The molecule has 1 saturated carbocycles. The van der Waals surface area contributed by atoms with Crippen LogP contribution in [0.3, 0.4) is 0 Å². The molecule has 11 nitrogen and oxygen atoms in total. The number of nitrogens with zero attached hydrogens (tertiary/aromatic N) is 5. The molecule has 13 heteroatoms. The Hall–Kier alpha value is -2.96. The van der Waals surface area contributed by atoms with Crippen molar-refractivity contribution in [3.63, 3.8) is 0 Å². The van der Waals surface area contributed by atoms with Crippen molar-refractivity contribution in [1.29, 1.82) is 0 Å². The number of ether oxygens (including phenoxy) is 3. The Balaban J connectivity index is 1.76. The standard InChI is InChI=1S/C23H29ClN6O5S/c1-13-11-25-21(26-12-13)20(35-5)14(2)36(31,32)29-23-28-27-22(15-9-16(24)10-15)30(23)19-17(33-3)7-6-8-18(19)34-4/h6-8,11-12,14-16,20H,9-10H2,1-5H3,(H,28,29). The first-order valence-electron chi connectivity index (χ1n) is 11.3. The van der Waals surface area contributed by atoms with Crippen LogP contribution in [0.15, 0.2) is 30.6 Å². The van der Waals surface area contributed by atoms with E-state index in [0.717, 1.165) is 5.56 Å². The van der Waals surface area contributed by atoms with Gasteiger partial charge in [-0.2, -0.15) is 0 Å². The van der Waals surface area contributed by atoms with E-state index in [9.17, 15) is 8.42 Å². The fourth-order valence-electron chi connectivity index (χ4n) is 4.10. The van der Waals surface area contributed by atoms with E-state index in [1.807, 2.05) is 6.92 Å². The first-order chi connectivity index (χ1) is 17.2. The van der Waals surface area contributed by atoms with Crippen molar-refractivity contribution in [3.8, 4) is 17.2 Å². The summed E-state index contributed by atoms with van der Waals surface area (Å²) in [5, 5.41) is 7.51. The summed E-state index contributed by atoms with van der Waals surface area (Å²) in [5.41, 5.74) is 1.33. The summed E-state index contributed by atoms with van der Waals surface area (Å²) in [5.74, 6) is 1.75. The summed E-state index contributed by atoms with van der Waals surface area (Å²) >= 11 is 6.24. The maximum atomic E-state index is 13.5. The van der Waals surface area contributed by atoms with Crippen molar-refractivity contribution in [2.45, 2.75) is 49.3 Å². The van der Waals surface area contributed by atoms with Crippen LogP contribution in [-0.2, 0) is 14.8 Å². The number of halogens is 1. The lowest BCUT2D eigenvalue weighted by Gasteiger charge is -2.31. The number of benzene rings is 1. The second kappa shape index (κ2) is 10.6. The second-order valence-corrected chi connectivity index (χ2v) is 11.3. The van der Waals surface area contributed by atoms with Crippen molar-refractivity contribution >= 4 is 27.6 Å². The van der Waals surface area contributed by atoms with Crippen LogP contribution in [0.1, 0.15) is 49.0 Å². The second-order valence-electron chi connectivity index (χ2n) is 8.62. The minimum atomic E-state index is -4.05. The SMILES string of the molecule is COc1cccc(OC)c1-n1c(NS(=O)(=O)C(C)C(OC)c2ncc(C)cn2)nnc1C1CC(Cl)C1. The van der Waals surface area contributed by atoms with Crippen molar-refractivity contribution in [3.05, 3.63) is 47.8 Å². The van der Waals surface area contributed by atoms with Crippen LogP contribution >= 0.6 is 11.6 Å². The summed E-state index contributed by atoms with van der Waals surface area (Å²) in [6.45, 7) is 3.37. The third-order valence-electron chi connectivity index (χ3n) is 6.22. The average Bonchev–Trinajstić information content (AvgIpc) is 3.24. The minimum Gasteiger partial charge on any atom is -0.494 e. The van der Waals surface area contributed by atoms with Crippen LogP contribution < -0.4 is 14.2 Å². The number of aryl methyl sites for hydroxylation is 1. The first-order valence-corrected chi connectivity index (χ1v) is 13.3. The van der Waals surface area contributed by atoms with E-state index in [1.54, 1.807) is 35.2 Å². The number of hydrogen-bond acceptors (Lipinski definition) is 9. The van der Waals surface area contributed by atoms with Crippen molar-refractivity contribution < 1.29 is 22.6 Å². The van der Waals surface area contributed by atoms with Crippen LogP contribution in [0, 0.1) is 6.92 Å². The molecule has 0 saturated heterocycles. The van der Waals surface area contributed by atoms with Gasteiger partial charge in [-0.15, -0.1) is 21.8 Å². The topological polar surface area (TPSA) is 130 Å². The van der Waals surface area contributed by atoms with Gasteiger partial charge in [0, 0.05) is 30.8 Å². The number of anilines is 1. The van der Waals surface area contributed by atoms with E-state index in [0.29, 0.717) is 35.9 Å². The van der Waals surface area contributed by atoms with Crippen LogP contribution in [0.25, 0.3) is 5.69 Å². The number of methoxy groups -OCH3 is 3. The molecule has 0 amide bonds. The van der Waals surface area contributed by atoms with E-state index >= 15 is 0 Å². The monoisotopic (exact) mass is 536 g/mol. The van der Waals surface area contributed by atoms with Gasteiger partial charge in [0.25, 0.3) is 0 Å². The highest BCUT2D eigenvalue weighted by Gasteiger charge is 2.38. The molecule has 1 aliphatic rings. The molecule has 194 valence electrons. The fourth-order valence-corrected chi connectivity index (χ4v) is 5.66. The predicted molar refractivity (Wildman–Crippen MR) is 135 cm³/mol. The van der Waals surface area contributed by atoms with Crippen LogP contribution in [0.4, 0.5) is 5.95 Å². The molecule has 0 spiro atoms. The first kappa shape index (κ1) is 26.1. The van der Waals surface area contributed by atoms with Crippen molar-refractivity contribution in [2.24, 2.45) is 0 Å². The smallest absolute Gasteiger partial charge is 0.243 e. The van der Waals surface area contributed by atoms with E-state index < -0.39 is 21.4 Å². The van der Waals surface area contributed by atoms with Gasteiger partial charge in [0.2, 0.25) is 16.0 Å². The third-order valence-corrected chi connectivity index (χ3v) is 8.27. The lowest BCUT2D eigenvalue weighted by atomic mass is 9.84. The van der Waals surface area contributed by atoms with Gasteiger partial charge in [-0.1, -0.05) is 6.07 Å². The Morgan fingerprint density at radius 3 is 2.22 bits per heavy atom. The molecule has 1 aromatic carbocycles. The highest BCUT2D eigenvalue weighted by Crippen LogP contribution is 2.43. The summed E-state index contributed by atoms with van der Waals surface area (Å²) in [4.78, 5) is 8.50. The summed E-state index contributed by atoms with van der Waals surface area (Å²) in [6.07, 6.45) is 3.69. The molecule has 1 aliphatic carbocycles. The highest BCUT2D eigenvalue weighted by molar-refractivity contribution is 7.93. The molecule has 0 aliphatic heterocycles. The molecule has 1 fully saturated rings. The normalized spacial score (nSPS) is 19.3. The molecule has 2 unspecified atom stereocenters. The maximum absolute atomic E-state index is 13.5. The fraction of sp³-hybridized carbons (Fsp3) is 0.478. The number of para-hydroxylation sites is 1. The molecule has 3 aromatic rings. The molecule has 1 N–H and O–H groups in total. The summed E-state index contributed by atoms with van der Waals surface area (Å²) in [6, 6.07) is 5.28. The van der Waals surface area contributed by atoms with Gasteiger partial charge in [0.15, 0.2) is 5.82 Å². The molecule has 2 heterocycles. The van der Waals surface area contributed by atoms with Gasteiger partial charge in [0.1, 0.15) is 34.4 Å². The molecule has 4 rings (SSSR count). The number of alkyl halides is 1. The number of rotatable bonds is 10. The third kappa shape index (κ3) is 4.97. The van der Waals surface area contributed by atoms with Crippen LogP contribution in [0.2, 0.25) is 0 Å². The molecular weight excluding hydrogens is 508 g/mol. The molecule has 36 heavy (non-hydrogen) atoms. The van der Waals surface area contributed by atoms with Gasteiger partial charge in [0.05, 0.1) is 14.2 Å².